The van der Waals surface area contributed by atoms with Crippen LogP contribution in [0.2, 0.25) is 5.02 Å². The minimum absolute atomic E-state index is 0.374. The molecule has 0 unspecified atom stereocenters. The van der Waals surface area contributed by atoms with Gasteiger partial charge in [-0.15, -0.1) is 0 Å². The second kappa shape index (κ2) is 8.20. The van der Waals surface area contributed by atoms with E-state index in [1.165, 1.54) is 6.42 Å². The molecule has 5 rings (SSSR count). The van der Waals surface area contributed by atoms with Crippen LogP contribution >= 0.6 is 11.6 Å². The number of aromatic amines is 1. The van der Waals surface area contributed by atoms with Gasteiger partial charge in [0.25, 0.3) is 0 Å². The monoisotopic (exact) mass is 430 g/mol. The first-order valence-corrected chi connectivity index (χ1v) is 10.5. The fourth-order valence-corrected chi connectivity index (χ4v) is 3.90. The third kappa shape index (κ3) is 3.88. The van der Waals surface area contributed by atoms with E-state index >= 15 is 0 Å². The molecule has 0 radical (unpaired) electrons. The molecule has 2 aromatic carbocycles. The Kier molecular flexibility index (Phi) is 5.10. The molecule has 31 heavy (non-hydrogen) atoms. The predicted octanol–water partition coefficient (Wildman–Crippen LogP) is 5.35. The number of benzene rings is 2. The molecule has 4 aromatic rings. The average molecular weight is 431 g/mol. The van der Waals surface area contributed by atoms with E-state index in [1.54, 1.807) is 18.2 Å². The van der Waals surface area contributed by atoms with Gasteiger partial charge in [-0.3, -0.25) is 5.10 Å². The molecule has 8 nitrogen and oxygen atoms in total. The molecule has 1 aliphatic heterocycles. The van der Waals surface area contributed by atoms with Gasteiger partial charge >= 0.3 is 0 Å². The Morgan fingerprint density at radius 3 is 2.71 bits per heavy atom. The van der Waals surface area contributed by atoms with Gasteiger partial charge in [-0.05, 0) is 37.5 Å². The highest BCUT2D eigenvalue weighted by Gasteiger charge is 2.19. The summed E-state index contributed by atoms with van der Waals surface area (Å²) in [4.78, 5) is 19.8. The number of H-pyrrole nitrogens is 1. The molecule has 0 bridgehead atoms. The average Bonchev–Trinajstić information content (AvgIpc) is 3.22. The van der Waals surface area contributed by atoms with Gasteiger partial charge in [0.15, 0.2) is 17.3 Å². The van der Waals surface area contributed by atoms with Crippen molar-refractivity contribution in [1.82, 2.24) is 25.1 Å². The number of anilines is 3. The summed E-state index contributed by atoms with van der Waals surface area (Å²) in [5.41, 5.74) is 1.94. The van der Waals surface area contributed by atoms with E-state index in [1.807, 2.05) is 24.3 Å². The number of fused-ring (bicyclic) bond motifs is 1. The van der Waals surface area contributed by atoms with E-state index < -0.39 is 0 Å². The molecule has 3 heterocycles. The third-order valence-corrected chi connectivity index (χ3v) is 5.52. The van der Waals surface area contributed by atoms with Crippen LogP contribution in [0.3, 0.4) is 0 Å². The molecule has 2 aromatic heterocycles. The first-order valence-electron chi connectivity index (χ1n) is 10.1. The summed E-state index contributed by atoms with van der Waals surface area (Å²) in [6.45, 7) is 9.30. The molecule has 1 fully saturated rings. The lowest BCUT2D eigenvalue weighted by Gasteiger charge is -2.27. The maximum absolute atomic E-state index is 7.53. The van der Waals surface area contributed by atoms with Gasteiger partial charge in [0, 0.05) is 29.1 Å². The van der Waals surface area contributed by atoms with Crippen LogP contribution in [0.15, 0.2) is 42.5 Å². The van der Waals surface area contributed by atoms with E-state index in [4.69, 9.17) is 23.2 Å². The summed E-state index contributed by atoms with van der Waals surface area (Å²) >= 11 is 6.22. The van der Waals surface area contributed by atoms with Gasteiger partial charge in [-0.25, -0.2) is 4.85 Å². The molecule has 0 saturated carbocycles. The summed E-state index contributed by atoms with van der Waals surface area (Å²) in [6, 6.07) is 12.9. The van der Waals surface area contributed by atoms with Crippen LogP contribution in [0.5, 0.6) is 0 Å². The maximum atomic E-state index is 7.53. The summed E-state index contributed by atoms with van der Waals surface area (Å²) in [6.07, 6.45) is 3.39. The highest BCUT2D eigenvalue weighted by molar-refractivity contribution is 6.31. The van der Waals surface area contributed by atoms with Gasteiger partial charge in [0.05, 0.1) is 12.1 Å². The van der Waals surface area contributed by atoms with Gasteiger partial charge in [0.2, 0.25) is 11.9 Å². The fraction of sp³-hybridized carbons (Fsp3) is 0.227. The molecule has 1 saturated heterocycles. The number of rotatable bonds is 4. The zero-order valence-electron chi connectivity index (χ0n) is 16.6. The van der Waals surface area contributed by atoms with Crippen molar-refractivity contribution >= 4 is 45.9 Å². The number of nitrogens with one attached hydrogen (secondary N) is 2. The Morgan fingerprint density at radius 1 is 1.03 bits per heavy atom. The molecule has 1 aliphatic rings. The molecule has 2 N–H and O–H groups in total. The van der Waals surface area contributed by atoms with Crippen LogP contribution in [0, 0.1) is 6.57 Å². The lowest BCUT2D eigenvalue weighted by atomic mass is 10.1. The Balaban J connectivity index is 1.61. The van der Waals surface area contributed by atoms with Gasteiger partial charge < -0.3 is 10.2 Å². The second-order valence-electron chi connectivity index (χ2n) is 7.35. The number of hydrogen-bond donors (Lipinski definition) is 2. The highest BCUT2D eigenvalue weighted by Crippen LogP contribution is 2.33. The van der Waals surface area contributed by atoms with Crippen LogP contribution in [0.4, 0.5) is 23.4 Å². The van der Waals surface area contributed by atoms with Crippen molar-refractivity contribution in [1.29, 1.82) is 0 Å². The number of piperidine rings is 1. The van der Waals surface area contributed by atoms with Crippen molar-refractivity contribution in [2.24, 2.45) is 0 Å². The standard InChI is InChI=1S/C22H19ClN8/c1-24-17-10-9-14(23)13-16(17)19-25-21(28-22(27-19)31-11-5-2-6-12-31)26-20-15-7-3-4-8-18(15)29-30-20/h3-4,7-10,13H,2,5-6,11-12H2,(H2,25,26,27,28,29,30). The Morgan fingerprint density at radius 2 is 1.87 bits per heavy atom. The van der Waals surface area contributed by atoms with Crippen molar-refractivity contribution in [2.45, 2.75) is 19.3 Å². The number of nitrogens with zero attached hydrogens (tertiary/aromatic N) is 6. The largest absolute Gasteiger partial charge is 0.341 e. The molecule has 0 atom stereocenters. The lowest BCUT2D eigenvalue weighted by Crippen LogP contribution is -2.31. The van der Waals surface area contributed by atoms with Crippen LogP contribution in [0.1, 0.15) is 19.3 Å². The van der Waals surface area contributed by atoms with E-state index in [9.17, 15) is 0 Å². The first kappa shape index (κ1) is 19.3. The number of aromatic nitrogens is 5. The molecule has 0 spiro atoms. The molecular weight excluding hydrogens is 412 g/mol. The van der Waals surface area contributed by atoms with Crippen LogP contribution in [0.25, 0.3) is 27.1 Å². The summed E-state index contributed by atoms with van der Waals surface area (Å²) in [5.74, 6) is 2.00. The van der Waals surface area contributed by atoms with Crippen molar-refractivity contribution in [3.8, 4) is 11.4 Å². The molecular formula is C22H19ClN8. The van der Waals surface area contributed by atoms with E-state index in [2.05, 4.69) is 35.2 Å². The molecule has 9 heteroatoms. The quantitative estimate of drug-likeness (QED) is 0.424. The Labute approximate surface area is 184 Å². The second-order valence-corrected chi connectivity index (χ2v) is 7.78. The minimum Gasteiger partial charge on any atom is -0.341 e. The number of hydrogen-bond acceptors (Lipinski definition) is 6. The van der Waals surface area contributed by atoms with Gasteiger partial charge in [-0.2, -0.15) is 20.1 Å². The zero-order valence-corrected chi connectivity index (χ0v) is 17.4. The third-order valence-electron chi connectivity index (χ3n) is 5.28. The van der Waals surface area contributed by atoms with Gasteiger partial charge in [0.1, 0.15) is 0 Å². The normalized spacial score (nSPS) is 13.9. The topological polar surface area (TPSA) is 87.0 Å². The Hall–Kier alpha value is -3.70. The molecule has 0 aliphatic carbocycles. The first-order chi connectivity index (χ1) is 15.2. The van der Waals surface area contributed by atoms with Crippen LogP contribution in [-0.4, -0.2) is 38.2 Å². The number of para-hydroxylation sites is 1. The summed E-state index contributed by atoms with van der Waals surface area (Å²) in [7, 11) is 0. The zero-order chi connectivity index (χ0) is 21.2. The van der Waals surface area contributed by atoms with Crippen molar-refractivity contribution in [3.63, 3.8) is 0 Å². The van der Waals surface area contributed by atoms with Crippen molar-refractivity contribution < 1.29 is 0 Å². The van der Waals surface area contributed by atoms with Crippen LogP contribution in [-0.2, 0) is 0 Å². The van der Waals surface area contributed by atoms with Crippen molar-refractivity contribution in [3.05, 3.63) is 58.9 Å². The fourth-order valence-electron chi connectivity index (χ4n) is 3.73. The summed E-state index contributed by atoms with van der Waals surface area (Å²) in [5, 5.41) is 12.1. The van der Waals surface area contributed by atoms with E-state index in [-0.39, 0.29) is 0 Å². The van der Waals surface area contributed by atoms with Gasteiger partial charge in [-0.1, -0.05) is 35.9 Å². The molecule has 0 amide bonds. The van der Waals surface area contributed by atoms with E-state index in [0.717, 1.165) is 36.8 Å². The predicted molar refractivity (Wildman–Crippen MR) is 122 cm³/mol. The lowest BCUT2D eigenvalue weighted by molar-refractivity contribution is 0.568. The molecule has 154 valence electrons. The number of halogens is 1. The smallest absolute Gasteiger partial charge is 0.233 e. The summed E-state index contributed by atoms with van der Waals surface area (Å²) < 4.78 is 0. The maximum Gasteiger partial charge on any atom is 0.233 e. The van der Waals surface area contributed by atoms with Crippen molar-refractivity contribution in [2.75, 3.05) is 23.3 Å². The highest BCUT2D eigenvalue weighted by atomic mass is 35.5. The SMILES string of the molecule is [C-]#[N+]c1ccc(Cl)cc1-c1nc(Nc2n[nH]c3ccccc23)nc(N2CCCCC2)n1. The Bertz CT molecular complexity index is 1290. The minimum atomic E-state index is 0.374. The van der Waals surface area contributed by atoms with Crippen LogP contribution < -0.4 is 10.2 Å². The van der Waals surface area contributed by atoms with E-state index in [0.29, 0.717) is 39.8 Å².